The van der Waals surface area contributed by atoms with Gasteiger partial charge in [0.15, 0.2) is 5.82 Å². The van der Waals surface area contributed by atoms with Crippen LogP contribution in [-0.2, 0) is 14.8 Å². The molecule has 0 heterocycles. The highest BCUT2D eigenvalue weighted by Crippen LogP contribution is 2.25. The van der Waals surface area contributed by atoms with Crippen LogP contribution >= 0.6 is 11.6 Å². The number of hydrogen-bond acceptors (Lipinski definition) is 4. The number of rotatable bonds is 8. The van der Waals surface area contributed by atoms with Gasteiger partial charge in [-0.2, -0.15) is 0 Å². The molecule has 5 nitrogen and oxygen atoms in total. The van der Waals surface area contributed by atoms with Crippen LogP contribution in [0.4, 0.5) is 10.1 Å². The van der Waals surface area contributed by atoms with Crippen LogP contribution in [0.3, 0.4) is 0 Å². The highest BCUT2D eigenvalue weighted by molar-refractivity contribution is 7.89. The predicted octanol–water partition coefficient (Wildman–Crippen LogP) is 2.16. The van der Waals surface area contributed by atoms with Crippen LogP contribution in [-0.4, -0.2) is 28.2 Å². The lowest BCUT2D eigenvalue weighted by Crippen LogP contribution is -2.26. The molecule has 3 N–H and O–H groups in total. The number of nitrogen functional groups attached to an aromatic ring is 1. The third-order valence-corrected chi connectivity index (χ3v) is 4.15. The molecule has 0 amide bonds. The van der Waals surface area contributed by atoms with E-state index in [9.17, 15) is 12.8 Å². The zero-order valence-electron chi connectivity index (χ0n) is 11.2. The zero-order chi connectivity index (χ0) is 15.2. The summed E-state index contributed by atoms with van der Waals surface area (Å²) in [5.41, 5.74) is 5.56. The summed E-state index contributed by atoms with van der Waals surface area (Å²) in [7, 11) is -3.97. The van der Waals surface area contributed by atoms with Crippen LogP contribution in [0.1, 0.15) is 19.8 Å². The number of halogens is 2. The highest BCUT2D eigenvalue weighted by atomic mass is 35.5. The minimum absolute atomic E-state index is 0.0862. The van der Waals surface area contributed by atoms with Crippen LogP contribution in [0.5, 0.6) is 0 Å². The zero-order valence-corrected chi connectivity index (χ0v) is 12.7. The maximum atomic E-state index is 13.7. The number of anilines is 1. The van der Waals surface area contributed by atoms with E-state index in [1.54, 1.807) is 0 Å². The van der Waals surface area contributed by atoms with Gasteiger partial charge in [-0.15, -0.1) is 0 Å². The van der Waals surface area contributed by atoms with E-state index in [1.165, 1.54) is 0 Å². The molecule has 20 heavy (non-hydrogen) atoms. The second kappa shape index (κ2) is 7.78. The first-order valence-electron chi connectivity index (χ1n) is 6.20. The SMILES string of the molecule is CCCOCCCNS(=O)(=O)c1cc(N)cc(Cl)c1F. The van der Waals surface area contributed by atoms with Crippen molar-refractivity contribution in [3.05, 3.63) is 23.0 Å². The molecule has 0 aliphatic heterocycles. The van der Waals surface area contributed by atoms with Crippen LogP contribution in [0.25, 0.3) is 0 Å². The summed E-state index contributed by atoms with van der Waals surface area (Å²) in [5.74, 6) is -1.00. The van der Waals surface area contributed by atoms with E-state index in [0.29, 0.717) is 19.6 Å². The van der Waals surface area contributed by atoms with Gasteiger partial charge < -0.3 is 10.5 Å². The summed E-state index contributed by atoms with van der Waals surface area (Å²) in [6.45, 7) is 3.20. The molecule has 0 saturated heterocycles. The van der Waals surface area contributed by atoms with Gasteiger partial charge in [-0.05, 0) is 25.0 Å². The topological polar surface area (TPSA) is 81.4 Å². The fourth-order valence-corrected chi connectivity index (χ4v) is 2.97. The Hall–Kier alpha value is -0.890. The second-order valence-corrected chi connectivity index (χ2v) is 6.32. The summed E-state index contributed by atoms with van der Waals surface area (Å²) in [6.07, 6.45) is 1.40. The number of ether oxygens (including phenoxy) is 1. The van der Waals surface area contributed by atoms with Crippen molar-refractivity contribution in [3.8, 4) is 0 Å². The van der Waals surface area contributed by atoms with Gasteiger partial charge in [0.05, 0.1) is 5.02 Å². The molecule has 0 atom stereocenters. The van der Waals surface area contributed by atoms with E-state index in [1.807, 2.05) is 6.92 Å². The van der Waals surface area contributed by atoms with Crippen LogP contribution in [0, 0.1) is 5.82 Å². The second-order valence-electron chi connectivity index (χ2n) is 4.18. The van der Waals surface area contributed by atoms with Gasteiger partial charge >= 0.3 is 0 Å². The largest absolute Gasteiger partial charge is 0.399 e. The number of hydrogen-bond donors (Lipinski definition) is 2. The molecule has 0 radical (unpaired) electrons. The Morgan fingerprint density at radius 2 is 2.10 bits per heavy atom. The first-order chi connectivity index (χ1) is 9.38. The first kappa shape index (κ1) is 17.2. The Bertz CT molecular complexity index is 552. The normalized spacial score (nSPS) is 11.8. The molecule has 0 bridgehead atoms. The van der Waals surface area contributed by atoms with Gasteiger partial charge in [0.1, 0.15) is 4.90 Å². The van der Waals surface area contributed by atoms with E-state index in [2.05, 4.69) is 4.72 Å². The molecule has 8 heteroatoms. The maximum Gasteiger partial charge on any atom is 0.243 e. The Kier molecular flexibility index (Phi) is 6.67. The molecule has 0 aliphatic rings. The standard InChI is InChI=1S/C12H18ClFN2O3S/c1-2-5-19-6-3-4-16-20(17,18)11-8-9(15)7-10(13)12(11)14/h7-8,16H,2-6,15H2,1H3. The number of benzene rings is 1. The fraction of sp³-hybridized carbons (Fsp3) is 0.500. The summed E-state index contributed by atoms with van der Waals surface area (Å²) < 4.78 is 45.1. The number of sulfonamides is 1. The molecular formula is C12H18ClFN2O3S. The van der Waals surface area contributed by atoms with E-state index in [0.717, 1.165) is 18.6 Å². The molecule has 0 spiro atoms. The minimum Gasteiger partial charge on any atom is -0.399 e. The van der Waals surface area contributed by atoms with E-state index < -0.39 is 20.7 Å². The Morgan fingerprint density at radius 1 is 1.40 bits per heavy atom. The van der Waals surface area contributed by atoms with Gasteiger partial charge in [-0.3, -0.25) is 0 Å². The van der Waals surface area contributed by atoms with Crippen molar-refractivity contribution >= 4 is 27.3 Å². The lowest BCUT2D eigenvalue weighted by atomic mass is 10.3. The Labute approximate surface area is 123 Å². The van der Waals surface area contributed by atoms with Crippen molar-refractivity contribution < 1.29 is 17.5 Å². The van der Waals surface area contributed by atoms with Crippen LogP contribution in [0.2, 0.25) is 5.02 Å². The predicted molar refractivity (Wildman–Crippen MR) is 76.7 cm³/mol. The summed E-state index contributed by atoms with van der Waals surface area (Å²) in [5, 5.41) is -0.323. The molecule has 0 aliphatic carbocycles. The Balaban J connectivity index is 2.65. The van der Waals surface area contributed by atoms with Crippen molar-refractivity contribution in [2.75, 3.05) is 25.5 Å². The van der Waals surface area contributed by atoms with Crippen LogP contribution < -0.4 is 10.5 Å². The van der Waals surface area contributed by atoms with Crippen LogP contribution in [0.15, 0.2) is 17.0 Å². The monoisotopic (exact) mass is 324 g/mol. The van der Waals surface area contributed by atoms with Crippen molar-refractivity contribution in [3.63, 3.8) is 0 Å². The van der Waals surface area contributed by atoms with Gasteiger partial charge in [0.2, 0.25) is 10.0 Å². The average Bonchev–Trinajstić information content (AvgIpc) is 2.37. The van der Waals surface area contributed by atoms with E-state index >= 15 is 0 Å². The Morgan fingerprint density at radius 3 is 2.75 bits per heavy atom. The molecule has 1 aromatic rings. The maximum absolute atomic E-state index is 13.7. The third-order valence-electron chi connectivity index (χ3n) is 2.41. The van der Waals surface area contributed by atoms with E-state index in [4.69, 9.17) is 22.1 Å². The van der Waals surface area contributed by atoms with Gasteiger partial charge in [0, 0.05) is 25.4 Å². The van der Waals surface area contributed by atoms with Gasteiger partial charge in [0.25, 0.3) is 0 Å². The minimum atomic E-state index is -3.97. The number of nitrogens with one attached hydrogen (secondary N) is 1. The van der Waals surface area contributed by atoms with Crippen molar-refractivity contribution in [1.29, 1.82) is 0 Å². The highest BCUT2D eigenvalue weighted by Gasteiger charge is 2.21. The van der Waals surface area contributed by atoms with E-state index in [-0.39, 0.29) is 17.3 Å². The molecular weight excluding hydrogens is 307 g/mol. The van der Waals surface area contributed by atoms with Crippen molar-refractivity contribution in [2.24, 2.45) is 0 Å². The molecule has 0 saturated carbocycles. The fourth-order valence-electron chi connectivity index (χ4n) is 1.48. The molecule has 0 unspecified atom stereocenters. The summed E-state index contributed by atoms with van der Waals surface area (Å²) in [6, 6.07) is 2.20. The smallest absolute Gasteiger partial charge is 0.243 e. The van der Waals surface area contributed by atoms with Crippen molar-refractivity contribution in [1.82, 2.24) is 4.72 Å². The average molecular weight is 325 g/mol. The summed E-state index contributed by atoms with van der Waals surface area (Å²) >= 11 is 5.58. The number of nitrogens with two attached hydrogens (primary N) is 1. The molecule has 0 aromatic heterocycles. The van der Waals surface area contributed by atoms with Crippen molar-refractivity contribution in [2.45, 2.75) is 24.7 Å². The molecule has 114 valence electrons. The molecule has 1 rings (SSSR count). The third kappa shape index (κ3) is 4.90. The van der Waals surface area contributed by atoms with Gasteiger partial charge in [-0.25, -0.2) is 17.5 Å². The summed E-state index contributed by atoms with van der Waals surface area (Å²) in [4.78, 5) is -0.544. The molecule has 1 aromatic carbocycles. The lowest BCUT2D eigenvalue weighted by Gasteiger charge is -2.09. The van der Waals surface area contributed by atoms with Gasteiger partial charge in [-0.1, -0.05) is 18.5 Å². The first-order valence-corrected chi connectivity index (χ1v) is 8.06. The molecule has 0 fully saturated rings. The lowest BCUT2D eigenvalue weighted by molar-refractivity contribution is 0.133. The quantitative estimate of drug-likeness (QED) is 0.567.